The van der Waals surface area contributed by atoms with E-state index in [1.165, 1.54) is 12.1 Å². The van der Waals surface area contributed by atoms with Crippen LogP contribution in [-0.2, 0) is 0 Å². The van der Waals surface area contributed by atoms with Gasteiger partial charge in [0.25, 0.3) is 5.69 Å². The van der Waals surface area contributed by atoms with Crippen molar-refractivity contribution in [3.05, 3.63) is 76.9 Å². The van der Waals surface area contributed by atoms with E-state index in [0.717, 1.165) is 11.3 Å². The normalized spacial score (nSPS) is 10.3. The fourth-order valence-electron chi connectivity index (χ4n) is 2.21. The molecule has 2 aromatic heterocycles. The van der Waals surface area contributed by atoms with Crippen molar-refractivity contribution in [3.8, 4) is 0 Å². The van der Waals surface area contributed by atoms with Crippen molar-refractivity contribution < 1.29 is 4.92 Å². The highest BCUT2D eigenvalue weighted by Gasteiger charge is 2.19. The van der Waals surface area contributed by atoms with Gasteiger partial charge in [-0.2, -0.15) is 0 Å². The van der Waals surface area contributed by atoms with Crippen LogP contribution in [0.2, 0.25) is 0 Å². The smallest absolute Gasteiger partial charge is 0.271 e. The van der Waals surface area contributed by atoms with E-state index in [9.17, 15) is 10.1 Å². The van der Waals surface area contributed by atoms with Crippen molar-refractivity contribution in [2.45, 2.75) is 6.92 Å². The minimum Gasteiger partial charge on any atom is -0.277 e. The Morgan fingerprint density at radius 1 is 1.09 bits per heavy atom. The SMILES string of the molecule is Cc1ccc([N+](=O)[O-])cc1N(c1cccnc1)c1ncccn1. The third-order valence-electron chi connectivity index (χ3n) is 3.30. The average Bonchev–Trinajstić information content (AvgIpc) is 2.58. The van der Waals surface area contributed by atoms with Gasteiger partial charge in [-0.3, -0.25) is 20.0 Å². The molecule has 0 N–H and O–H groups in total. The van der Waals surface area contributed by atoms with Crippen molar-refractivity contribution in [1.82, 2.24) is 15.0 Å². The van der Waals surface area contributed by atoms with Gasteiger partial charge in [-0.05, 0) is 30.7 Å². The van der Waals surface area contributed by atoms with Crippen LogP contribution in [0, 0.1) is 17.0 Å². The lowest BCUT2D eigenvalue weighted by Crippen LogP contribution is -2.14. The highest BCUT2D eigenvalue weighted by Crippen LogP contribution is 2.35. The molecule has 0 bridgehead atoms. The monoisotopic (exact) mass is 307 g/mol. The number of non-ortho nitro benzene ring substituents is 1. The topological polar surface area (TPSA) is 85.0 Å². The van der Waals surface area contributed by atoms with E-state index in [1.54, 1.807) is 47.9 Å². The predicted molar refractivity (Wildman–Crippen MR) is 85.9 cm³/mol. The molecular formula is C16H13N5O2. The molecule has 23 heavy (non-hydrogen) atoms. The van der Waals surface area contributed by atoms with Gasteiger partial charge < -0.3 is 0 Å². The molecule has 0 saturated heterocycles. The highest BCUT2D eigenvalue weighted by atomic mass is 16.6. The summed E-state index contributed by atoms with van der Waals surface area (Å²) in [6.07, 6.45) is 6.57. The molecular weight excluding hydrogens is 294 g/mol. The van der Waals surface area contributed by atoms with Crippen molar-refractivity contribution in [2.75, 3.05) is 4.90 Å². The molecule has 3 aromatic rings. The van der Waals surface area contributed by atoms with E-state index in [-0.39, 0.29) is 5.69 Å². The molecule has 7 heteroatoms. The molecule has 3 rings (SSSR count). The van der Waals surface area contributed by atoms with Gasteiger partial charge in [-0.1, -0.05) is 6.07 Å². The number of aryl methyl sites for hydroxylation is 1. The Kier molecular flexibility index (Phi) is 3.92. The van der Waals surface area contributed by atoms with Crippen molar-refractivity contribution in [3.63, 3.8) is 0 Å². The van der Waals surface area contributed by atoms with Gasteiger partial charge in [0.1, 0.15) is 0 Å². The number of nitro benzene ring substituents is 1. The molecule has 0 radical (unpaired) electrons. The quantitative estimate of drug-likeness (QED) is 0.541. The van der Waals surface area contributed by atoms with Crippen LogP contribution in [0.4, 0.5) is 23.0 Å². The molecule has 0 aliphatic heterocycles. The Morgan fingerprint density at radius 3 is 2.52 bits per heavy atom. The van der Waals surface area contributed by atoms with E-state index in [1.807, 2.05) is 13.0 Å². The molecule has 1 aromatic carbocycles. The van der Waals surface area contributed by atoms with Crippen molar-refractivity contribution in [2.24, 2.45) is 0 Å². The Hall–Kier alpha value is -3.35. The van der Waals surface area contributed by atoms with Gasteiger partial charge in [-0.25, -0.2) is 9.97 Å². The van der Waals surface area contributed by atoms with Crippen LogP contribution in [0.5, 0.6) is 0 Å². The maximum absolute atomic E-state index is 11.1. The number of hydrogen-bond donors (Lipinski definition) is 0. The lowest BCUT2D eigenvalue weighted by atomic mass is 10.1. The first-order chi connectivity index (χ1) is 11.2. The van der Waals surface area contributed by atoms with E-state index in [0.29, 0.717) is 11.6 Å². The second-order valence-corrected chi connectivity index (χ2v) is 4.82. The summed E-state index contributed by atoms with van der Waals surface area (Å²) in [6.45, 7) is 1.88. The maximum atomic E-state index is 11.1. The Bertz CT molecular complexity index is 785. The fraction of sp³-hybridized carbons (Fsp3) is 0.0625. The molecule has 0 unspecified atom stereocenters. The summed E-state index contributed by atoms with van der Waals surface area (Å²) >= 11 is 0. The molecule has 0 saturated carbocycles. The second kappa shape index (κ2) is 6.18. The van der Waals surface area contributed by atoms with Gasteiger partial charge in [0, 0.05) is 30.7 Å². The molecule has 0 aliphatic rings. The zero-order valence-corrected chi connectivity index (χ0v) is 12.3. The Labute approximate surface area is 132 Å². The third kappa shape index (κ3) is 2.98. The van der Waals surface area contributed by atoms with E-state index in [2.05, 4.69) is 15.0 Å². The fourth-order valence-corrected chi connectivity index (χ4v) is 2.21. The van der Waals surface area contributed by atoms with E-state index >= 15 is 0 Å². The standard InChI is InChI=1S/C16H13N5O2/c1-12-5-6-13(21(22)23)10-15(12)20(14-4-2-7-17-11-14)16-18-8-3-9-19-16/h2-11H,1H3. The largest absolute Gasteiger partial charge is 0.277 e. The summed E-state index contributed by atoms with van der Waals surface area (Å²) in [7, 11) is 0. The lowest BCUT2D eigenvalue weighted by molar-refractivity contribution is -0.384. The Balaban J connectivity index is 2.21. The Morgan fingerprint density at radius 2 is 1.87 bits per heavy atom. The third-order valence-corrected chi connectivity index (χ3v) is 3.30. The van der Waals surface area contributed by atoms with Crippen molar-refractivity contribution in [1.29, 1.82) is 0 Å². The first-order valence-corrected chi connectivity index (χ1v) is 6.89. The number of rotatable bonds is 4. The summed E-state index contributed by atoms with van der Waals surface area (Å²) in [5.41, 5.74) is 2.24. The first kappa shape index (κ1) is 14.6. The van der Waals surface area contributed by atoms with Crippen molar-refractivity contribution >= 4 is 23.0 Å². The highest BCUT2D eigenvalue weighted by molar-refractivity contribution is 5.75. The molecule has 7 nitrogen and oxygen atoms in total. The van der Waals surface area contributed by atoms with Crippen LogP contribution in [0.25, 0.3) is 0 Å². The summed E-state index contributed by atoms with van der Waals surface area (Å²) in [6, 6.07) is 10.1. The van der Waals surface area contributed by atoms with Gasteiger partial charge >= 0.3 is 0 Å². The van der Waals surface area contributed by atoms with Gasteiger partial charge in [0.05, 0.1) is 22.5 Å². The summed E-state index contributed by atoms with van der Waals surface area (Å²) in [4.78, 5) is 25.1. The molecule has 0 atom stereocenters. The number of anilines is 3. The number of nitro groups is 1. The minimum atomic E-state index is -0.420. The molecule has 0 spiro atoms. The molecule has 0 amide bonds. The number of hydrogen-bond acceptors (Lipinski definition) is 6. The zero-order chi connectivity index (χ0) is 16.2. The van der Waals surface area contributed by atoms with Crippen LogP contribution in [-0.4, -0.2) is 19.9 Å². The molecule has 2 heterocycles. The number of benzene rings is 1. The number of pyridine rings is 1. The van der Waals surface area contributed by atoms with Crippen LogP contribution in [0.1, 0.15) is 5.56 Å². The van der Waals surface area contributed by atoms with Crippen LogP contribution in [0.3, 0.4) is 0 Å². The average molecular weight is 307 g/mol. The van der Waals surface area contributed by atoms with Gasteiger partial charge in [-0.15, -0.1) is 0 Å². The maximum Gasteiger partial charge on any atom is 0.271 e. The molecule has 0 aliphatic carbocycles. The van der Waals surface area contributed by atoms with E-state index in [4.69, 9.17) is 0 Å². The summed E-state index contributed by atoms with van der Waals surface area (Å²) in [5.74, 6) is 0.420. The molecule has 0 fully saturated rings. The zero-order valence-electron chi connectivity index (χ0n) is 12.3. The van der Waals surface area contributed by atoms with Gasteiger partial charge in [0.15, 0.2) is 0 Å². The van der Waals surface area contributed by atoms with Crippen LogP contribution in [0.15, 0.2) is 61.2 Å². The number of nitrogens with zero attached hydrogens (tertiary/aromatic N) is 5. The minimum absolute atomic E-state index is 0.00965. The molecule has 114 valence electrons. The second-order valence-electron chi connectivity index (χ2n) is 4.82. The van der Waals surface area contributed by atoms with Crippen LogP contribution >= 0.6 is 0 Å². The first-order valence-electron chi connectivity index (χ1n) is 6.89. The lowest BCUT2D eigenvalue weighted by Gasteiger charge is -2.23. The summed E-state index contributed by atoms with van der Waals surface area (Å²) < 4.78 is 0. The summed E-state index contributed by atoms with van der Waals surface area (Å²) in [5, 5.41) is 11.1. The predicted octanol–water partition coefficient (Wildman–Crippen LogP) is 3.56. The van der Waals surface area contributed by atoms with E-state index < -0.39 is 4.92 Å². The van der Waals surface area contributed by atoms with Crippen LogP contribution < -0.4 is 4.90 Å². The van der Waals surface area contributed by atoms with Gasteiger partial charge in [0.2, 0.25) is 5.95 Å². The number of aromatic nitrogens is 3.